The lowest BCUT2D eigenvalue weighted by atomic mass is 9.89. The maximum atomic E-state index is 14.0. The summed E-state index contributed by atoms with van der Waals surface area (Å²) in [6.45, 7) is 16.6. The van der Waals surface area contributed by atoms with E-state index in [1.54, 1.807) is 20.8 Å². The third-order valence-electron chi connectivity index (χ3n) is 8.35. The van der Waals surface area contributed by atoms with E-state index in [0.29, 0.717) is 17.7 Å². The van der Waals surface area contributed by atoms with E-state index in [1.165, 1.54) is 36.1 Å². The van der Waals surface area contributed by atoms with Crippen LogP contribution in [0.2, 0.25) is 18.1 Å². The van der Waals surface area contributed by atoms with Gasteiger partial charge in [-0.3, -0.25) is 4.90 Å². The van der Waals surface area contributed by atoms with Crippen LogP contribution < -0.4 is 0 Å². The Balaban J connectivity index is 2.10. The molecule has 0 aliphatic carbocycles. The molecule has 1 fully saturated rings. The van der Waals surface area contributed by atoms with Crippen molar-refractivity contribution < 1.29 is 49.4 Å². The average Bonchev–Trinajstić information content (AvgIpc) is 3.23. The lowest BCUT2D eigenvalue weighted by Gasteiger charge is -2.39. The molecule has 2 aromatic rings. The molecule has 2 aromatic carbocycles. The highest BCUT2D eigenvalue weighted by molar-refractivity contribution is 6.74. The van der Waals surface area contributed by atoms with Crippen LogP contribution in [0.4, 0.5) is 35.5 Å². The van der Waals surface area contributed by atoms with Crippen LogP contribution in [0.25, 0.3) is 0 Å². The fraction of sp³-hybridized carbons (Fsp3) is 0.594. The molecule has 0 N–H and O–H groups in total. The molecule has 1 aliphatic heterocycles. The summed E-state index contributed by atoms with van der Waals surface area (Å²) in [5.74, 6) is -1.19. The van der Waals surface area contributed by atoms with E-state index in [-0.39, 0.29) is 29.8 Å². The third kappa shape index (κ3) is 9.22. The SMILES string of the molecule is C[C@@H](O[C@H]1CN(C(=O)OC(C)(C)C)[C@@H](CO[Si](C)(C)C(C)(C)C)[C@@H]1c1ccc(F)cc1)c1cc(C(F)(F)F)cc(C(F)(F)F)c1. The minimum absolute atomic E-state index is 0.0494. The number of hydrogen-bond donors (Lipinski definition) is 0. The van der Waals surface area contributed by atoms with Gasteiger partial charge in [0.15, 0.2) is 8.32 Å². The second-order valence-electron chi connectivity index (χ2n) is 14.0. The minimum atomic E-state index is -5.03. The highest BCUT2D eigenvalue weighted by Crippen LogP contribution is 2.43. The van der Waals surface area contributed by atoms with Gasteiger partial charge in [-0.15, -0.1) is 0 Å². The van der Waals surface area contributed by atoms with Crippen LogP contribution in [-0.4, -0.2) is 50.2 Å². The normalized spacial score (nSPS) is 20.8. The summed E-state index contributed by atoms with van der Waals surface area (Å²) < 4.78 is 114. The summed E-state index contributed by atoms with van der Waals surface area (Å²) in [4.78, 5) is 15.0. The summed E-state index contributed by atoms with van der Waals surface area (Å²) in [7, 11) is -2.37. The lowest BCUT2D eigenvalue weighted by Crippen LogP contribution is -2.48. The zero-order valence-corrected chi connectivity index (χ0v) is 28.0. The first kappa shape index (κ1) is 36.8. The van der Waals surface area contributed by atoms with Crippen molar-refractivity contribution in [3.8, 4) is 0 Å². The first-order valence-corrected chi connectivity index (χ1v) is 17.5. The van der Waals surface area contributed by atoms with Gasteiger partial charge in [0.25, 0.3) is 0 Å². The molecule has 1 aliphatic rings. The van der Waals surface area contributed by atoms with E-state index in [0.717, 1.165) is 0 Å². The second kappa shape index (κ2) is 12.9. The van der Waals surface area contributed by atoms with Crippen LogP contribution in [0.1, 0.15) is 82.7 Å². The molecular weight excluding hydrogens is 623 g/mol. The van der Waals surface area contributed by atoms with Gasteiger partial charge in [0, 0.05) is 5.92 Å². The van der Waals surface area contributed by atoms with Crippen molar-refractivity contribution >= 4 is 14.4 Å². The zero-order valence-electron chi connectivity index (χ0n) is 27.0. The van der Waals surface area contributed by atoms with Crippen molar-refractivity contribution in [1.82, 2.24) is 4.90 Å². The van der Waals surface area contributed by atoms with Gasteiger partial charge in [0.2, 0.25) is 0 Å². The highest BCUT2D eigenvalue weighted by Gasteiger charge is 2.49. The molecule has 0 radical (unpaired) electrons. The van der Waals surface area contributed by atoms with Crippen LogP contribution in [0, 0.1) is 5.82 Å². The van der Waals surface area contributed by atoms with Crippen LogP contribution in [0.15, 0.2) is 42.5 Å². The smallest absolute Gasteiger partial charge is 0.416 e. The number of benzene rings is 2. The van der Waals surface area contributed by atoms with Crippen LogP contribution in [0.5, 0.6) is 0 Å². The van der Waals surface area contributed by atoms with Crippen molar-refractivity contribution in [3.63, 3.8) is 0 Å². The standard InChI is InChI=1S/C32H42F7NO4Si/c1-19(21-14-22(31(34,35)36)16-23(15-21)32(37,38)39)43-26-17-40(28(41)44-29(2,3)4)25(18-42-45(8,9)30(5,6)7)27(26)20-10-12-24(33)13-11-20/h10-16,19,25-27H,17-18H2,1-9H3/t19-,25+,26+,27+/m1/s1. The Morgan fingerprint density at radius 2 is 1.42 bits per heavy atom. The van der Waals surface area contributed by atoms with Gasteiger partial charge in [-0.25, -0.2) is 9.18 Å². The molecule has 0 bridgehead atoms. The summed E-state index contributed by atoms with van der Waals surface area (Å²) in [5.41, 5.74) is -3.56. The summed E-state index contributed by atoms with van der Waals surface area (Å²) in [5, 5.41) is -0.183. The number of likely N-dealkylation sites (tertiary alicyclic amines) is 1. The Kier molecular flexibility index (Phi) is 10.5. The fourth-order valence-electron chi connectivity index (χ4n) is 4.92. The topological polar surface area (TPSA) is 48.0 Å². The Morgan fingerprint density at radius 3 is 1.87 bits per heavy atom. The van der Waals surface area contributed by atoms with E-state index < -0.39 is 73.5 Å². The summed E-state index contributed by atoms with van der Waals surface area (Å²) in [6, 6.07) is 6.13. The quantitative estimate of drug-likeness (QED) is 0.218. The monoisotopic (exact) mass is 665 g/mol. The molecule has 4 atom stereocenters. The van der Waals surface area contributed by atoms with E-state index in [2.05, 4.69) is 20.8 Å². The molecule has 3 rings (SSSR count). The van der Waals surface area contributed by atoms with Gasteiger partial charge in [0.05, 0.1) is 42.5 Å². The number of ether oxygens (including phenoxy) is 2. The lowest BCUT2D eigenvalue weighted by molar-refractivity contribution is -0.143. The number of nitrogens with zero attached hydrogens (tertiary/aromatic N) is 1. The number of amides is 1. The molecule has 13 heteroatoms. The van der Waals surface area contributed by atoms with Gasteiger partial charge < -0.3 is 13.9 Å². The molecule has 45 heavy (non-hydrogen) atoms. The molecule has 1 saturated heterocycles. The molecule has 252 valence electrons. The van der Waals surface area contributed by atoms with Crippen molar-refractivity contribution in [2.75, 3.05) is 13.2 Å². The number of halogens is 7. The predicted octanol–water partition coefficient (Wildman–Crippen LogP) is 9.73. The second-order valence-corrected chi connectivity index (χ2v) is 18.8. The van der Waals surface area contributed by atoms with Crippen molar-refractivity contribution in [2.24, 2.45) is 0 Å². The maximum absolute atomic E-state index is 14.0. The van der Waals surface area contributed by atoms with Crippen molar-refractivity contribution in [2.45, 2.75) is 109 Å². The number of carbonyl (C=O) groups excluding carboxylic acids is 1. The van der Waals surface area contributed by atoms with E-state index in [9.17, 15) is 35.5 Å². The Bertz CT molecular complexity index is 1300. The van der Waals surface area contributed by atoms with Crippen molar-refractivity contribution in [3.05, 3.63) is 70.5 Å². The van der Waals surface area contributed by atoms with Crippen molar-refractivity contribution in [1.29, 1.82) is 0 Å². The van der Waals surface area contributed by atoms with E-state index in [1.807, 2.05) is 13.1 Å². The first-order chi connectivity index (χ1) is 20.3. The number of carbonyl (C=O) groups is 1. The van der Waals surface area contributed by atoms with Crippen LogP contribution in [0.3, 0.4) is 0 Å². The molecule has 1 amide bonds. The first-order valence-electron chi connectivity index (χ1n) is 14.6. The highest BCUT2D eigenvalue weighted by atomic mass is 28.4. The fourth-order valence-corrected chi connectivity index (χ4v) is 5.94. The van der Waals surface area contributed by atoms with Crippen LogP contribution >= 0.6 is 0 Å². The molecule has 0 saturated carbocycles. The molecule has 0 spiro atoms. The largest absolute Gasteiger partial charge is 0.444 e. The van der Waals surface area contributed by atoms with E-state index in [4.69, 9.17) is 13.9 Å². The number of hydrogen-bond acceptors (Lipinski definition) is 4. The Morgan fingerprint density at radius 1 is 0.911 bits per heavy atom. The minimum Gasteiger partial charge on any atom is -0.444 e. The van der Waals surface area contributed by atoms with Gasteiger partial charge >= 0.3 is 18.4 Å². The predicted molar refractivity (Wildman–Crippen MR) is 159 cm³/mol. The van der Waals surface area contributed by atoms with Gasteiger partial charge in [0.1, 0.15) is 11.4 Å². The number of rotatable bonds is 7. The third-order valence-corrected chi connectivity index (χ3v) is 12.9. The Hall–Kier alpha value is -2.64. The van der Waals surface area contributed by atoms with Gasteiger partial charge in [-0.2, -0.15) is 26.3 Å². The van der Waals surface area contributed by atoms with E-state index >= 15 is 0 Å². The maximum Gasteiger partial charge on any atom is 0.416 e. The van der Waals surface area contributed by atoms with Gasteiger partial charge in [-0.1, -0.05) is 32.9 Å². The summed E-state index contributed by atoms with van der Waals surface area (Å²) in [6.07, 6.45) is -12.9. The molecule has 1 heterocycles. The molecule has 0 aromatic heterocycles. The number of alkyl halides is 6. The molecular formula is C32H42F7NO4Si. The van der Waals surface area contributed by atoms with Gasteiger partial charge in [-0.05, 0) is 87.3 Å². The molecule has 0 unspecified atom stereocenters. The Labute approximate surface area is 261 Å². The zero-order chi connectivity index (χ0) is 34.3. The van der Waals surface area contributed by atoms with Crippen LogP contribution in [-0.2, 0) is 26.3 Å². The molecule has 5 nitrogen and oxygen atoms in total. The summed E-state index contributed by atoms with van der Waals surface area (Å²) >= 11 is 0. The average molecular weight is 666 g/mol.